The molecule has 8 heteroatoms. The van der Waals surface area contributed by atoms with Crippen molar-refractivity contribution in [1.29, 1.82) is 0 Å². The molecular formula is C12H10BrN3O3S. The molecule has 104 valence electrons. The number of non-ortho nitro benzene ring substituents is 1. The topological polar surface area (TPSA) is 98.3 Å². The maximum atomic E-state index is 12.0. The highest BCUT2D eigenvalue weighted by atomic mass is 79.9. The zero-order chi connectivity index (χ0) is 14.7. The predicted molar refractivity (Wildman–Crippen MR) is 80.7 cm³/mol. The smallest absolute Gasteiger partial charge is 0.270 e. The molecule has 1 amide bonds. The Morgan fingerprint density at radius 2 is 2.20 bits per heavy atom. The van der Waals surface area contributed by atoms with Crippen LogP contribution in [0.1, 0.15) is 10.9 Å². The average molecular weight is 356 g/mol. The number of anilines is 1. The van der Waals surface area contributed by atoms with Crippen molar-refractivity contribution in [2.24, 2.45) is 5.73 Å². The van der Waals surface area contributed by atoms with E-state index in [1.807, 2.05) is 11.4 Å². The van der Waals surface area contributed by atoms with Crippen LogP contribution in [0.15, 0.2) is 40.2 Å². The van der Waals surface area contributed by atoms with Crippen molar-refractivity contribution in [2.45, 2.75) is 6.04 Å². The number of amides is 1. The summed E-state index contributed by atoms with van der Waals surface area (Å²) in [6.07, 6.45) is 0. The van der Waals surface area contributed by atoms with Crippen molar-refractivity contribution >= 4 is 44.5 Å². The molecule has 0 bridgehead atoms. The van der Waals surface area contributed by atoms with E-state index in [1.54, 1.807) is 6.07 Å². The summed E-state index contributed by atoms with van der Waals surface area (Å²) in [6.45, 7) is 0. The minimum Gasteiger partial charge on any atom is -0.323 e. The van der Waals surface area contributed by atoms with Crippen LogP contribution in [-0.4, -0.2) is 10.8 Å². The molecule has 1 atom stereocenters. The first-order valence-corrected chi connectivity index (χ1v) is 7.20. The van der Waals surface area contributed by atoms with Gasteiger partial charge in [0.15, 0.2) is 0 Å². The Morgan fingerprint density at radius 1 is 1.45 bits per heavy atom. The summed E-state index contributed by atoms with van der Waals surface area (Å²) < 4.78 is 0.429. The van der Waals surface area contributed by atoms with Gasteiger partial charge in [0, 0.05) is 21.5 Å². The molecule has 1 unspecified atom stereocenters. The molecule has 1 heterocycles. The normalized spacial score (nSPS) is 11.9. The Labute approximate surface area is 126 Å². The number of nitrogens with one attached hydrogen (secondary N) is 1. The Morgan fingerprint density at radius 3 is 2.75 bits per heavy atom. The molecule has 0 saturated carbocycles. The fraction of sp³-hybridized carbons (Fsp3) is 0.0833. The Balaban J connectivity index is 2.14. The van der Waals surface area contributed by atoms with E-state index in [2.05, 4.69) is 21.2 Å². The lowest BCUT2D eigenvalue weighted by Crippen LogP contribution is -2.27. The molecule has 3 N–H and O–H groups in total. The average Bonchev–Trinajstić information content (AvgIpc) is 2.93. The third kappa shape index (κ3) is 3.21. The molecule has 2 aromatic rings. The van der Waals surface area contributed by atoms with Crippen molar-refractivity contribution in [2.75, 3.05) is 5.32 Å². The number of nitrogens with zero attached hydrogens (tertiary/aromatic N) is 1. The summed E-state index contributed by atoms with van der Waals surface area (Å²) in [5.41, 5.74) is 6.21. The van der Waals surface area contributed by atoms with Crippen LogP contribution in [-0.2, 0) is 4.79 Å². The van der Waals surface area contributed by atoms with Gasteiger partial charge in [-0.25, -0.2) is 0 Å². The van der Waals surface area contributed by atoms with E-state index in [9.17, 15) is 14.9 Å². The van der Waals surface area contributed by atoms with Gasteiger partial charge in [0.05, 0.1) is 10.6 Å². The van der Waals surface area contributed by atoms with Crippen LogP contribution in [0.25, 0.3) is 0 Å². The zero-order valence-corrected chi connectivity index (χ0v) is 12.5. The monoisotopic (exact) mass is 355 g/mol. The SMILES string of the molecule is NC(C(=O)Nc1ccc([N+](=O)[O-])cc1Br)c1cccs1. The fourth-order valence-electron chi connectivity index (χ4n) is 1.53. The molecule has 0 radical (unpaired) electrons. The van der Waals surface area contributed by atoms with Gasteiger partial charge in [0.2, 0.25) is 5.91 Å². The maximum Gasteiger partial charge on any atom is 0.270 e. The first kappa shape index (κ1) is 14.6. The highest BCUT2D eigenvalue weighted by Gasteiger charge is 2.18. The largest absolute Gasteiger partial charge is 0.323 e. The fourth-order valence-corrected chi connectivity index (χ4v) is 2.72. The van der Waals surface area contributed by atoms with Crippen LogP contribution in [0.5, 0.6) is 0 Å². The molecule has 0 aliphatic rings. The van der Waals surface area contributed by atoms with Crippen LogP contribution in [0.3, 0.4) is 0 Å². The van der Waals surface area contributed by atoms with E-state index < -0.39 is 11.0 Å². The third-order valence-corrected chi connectivity index (χ3v) is 4.17. The predicted octanol–water partition coefficient (Wildman–Crippen LogP) is 3.06. The molecule has 6 nitrogen and oxygen atoms in total. The number of carbonyl (C=O) groups is 1. The number of carbonyl (C=O) groups excluding carboxylic acids is 1. The molecule has 20 heavy (non-hydrogen) atoms. The number of nitro groups is 1. The summed E-state index contributed by atoms with van der Waals surface area (Å²) in [5, 5.41) is 15.1. The van der Waals surface area contributed by atoms with Gasteiger partial charge in [0.1, 0.15) is 6.04 Å². The van der Waals surface area contributed by atoms with Crippen molar-refractivity contribution in [1.82, 2.24) is 0 Å². The number of rotatable bonds is 4. The summed E-state index contributed by atoms with van der Waals surface area (Å²) in [4.78, 5) is 22.9. The van der Waals surface area contributed by atoms with Gasteiger partial charge in [-0.1, -0.05) is 6.07 Å². The van der Waals surface area contributed by atoms with Gasteiger partial charge >= 0.3 is 0 Å². The van der Waals surface area contributed by atoms with Gasteiger partial charge in [-0.3, -0.25) is 14.9 Å². The Kier molecular flexibility index (Phi) is 4.48. The van der Waals surface area contributed by atoms with E-state index in [1.165, 1.54) is 29.5 Å². The van der Waals surface area contributed by atoms with Crippen LogP contribution in [0, 0.1) is 10.1 Å². The second kappa shape index (κ2) is 6.12. The summed E-state index contributed by atoms with van der Waals surface area (Å²) >= 11 is 4.58. The first-order valence-electron chi connectivity index (χ1n) is 5.53. The lowest BCUT2D eigenvalue weighted by molar-refractivity contribution is -0.384. The van der Waals surface area contributed by atoms with Crippen LogP contribution in [0.4, 0.5) is 11.4 Å². The van der Waals surface area contributed by atoms with Gasteiger partial charge in [-0.15, -0.1) is 11.3 Å². The van der Waals surface area contributed by atoms with E-state index in [4.69, 9.17) is 5.73 Å². The molecule has 0 aliphatic carbocycles. The van der Waals surface area contributed by atoms with E-state index in [0.29, 0.717) is 10.2 Å². The van der Waals surface area contributed by atoms with Crippen molar-refractivity contribution in [3.63, 3.8) is 0 Å². The third-order valence-electron chi connectivity index (χ3n) is 2.55. The van der Waals surface area contributed by atoms with Gasteiger partial charge in [-0.05, 0) is 33.4 Å². The minimum atomic E-state index is -0.767. The second-order valence-electron chi connectivity index (χ2n) is 3.90. The molecule has 0 fully saturated rings. The first-order chi connectivity index (χ1) is 9.49. The summed E-state index contributed by atoms with van der Waals surface area (Å²) in [5.74, 6) is -0.373. The van der Waals surface area contributed by atoms with Crippen molar-refractivity contribution in [3.8, 4) is 0 Å². The number of halogens is 1. The number of hydrogen-bond donors (Lipinski definition) is 2. The van der Waals surface area contributed by atoms with Crippen molar-refractivity contribution in [3.05, 3.63) is 55.2 Å². The highest BCUT2D eigenvalue weighted by molar-refractivity contribution is 9.10. The second-order valence-corrected chi connectivity index (χ2v) is 5.74. The molecule has 1 aromatic heterocycles. The number of benzene rings is 1. The zero-order valence-electron chi connectivity index (χ0n) is 10.1. The molecular weight excluding hydrogens is 346 g/mol. The number of thiophene rings is 1. The van der Waals surface area contributed by atoms with Gasteiger partial charge in [-0.2, -0.15) is 0 Å². The standard InChI is InChI=1S/C12H10BrN3O3S/c13-8-6-7(16(18)19)3-4-9(8)15-12(17)11(14)10-2-1-5-20-10/h1-6,11H,14H2,(H,15,17). The molecule has 2 rings (SSSR count). The van der Waals surface area contributed by atoms with E-state index in [-0.39, 0.29) is 11.6 Å². The van der Waals surface area contributed by atoms with Crippen molar-refractivity contribution < 1.29 is 9.72 Å². The highest BCUT2D eigenvalue weighted by Crippen LogP contribution is 2.28. The number of hydrogen-bond acceptors (Lipinski definition) is 5. The lowest BCUT2D eigenvalue weighted by Gasteiger charge is -2.11. The maximum absolute atomic E-state index is 12.0. The molecule has 1 aromatic carbocycles. The van der Waals surface area contributed by atoms with Gasteiger partial charge < -0.3 is 11.1 Å². The molecule has 0 aliphatic heterocycles. The summed E-state index contributed by atoms with van der Waals surface area (Å²) in [7, 11) is 0. The van der Waals surface area contributed by atoms with Gasteiger partial charge in [0.25, 0.3) is 5.69 Å². The Bertz CT molecular complexity index is 645. The Hall–Kier alpha value is -1.77. The van der Waals surface area contributed by atoms with E-state index >= 15 is 0 Å². The number of nitrogens with two attached hydrogens (primary N) is 1. The van der Waals surface area contributed by atoms with Crippen LogP contribution in [0.2, 0.25) is 0 Å². The van der Waals surface area contributed by atoms with E-state index in [0.717, 1.165) is 4.88 Å². The summed E-state index contributed by atoms with van der Waals surface area (Å²) in [6, 6.07) is 6.93. The van der Waals surface area contributed by atoms with Crippen LogP contribution < -0.4 is 11.1 Å². The molecule has 0 spiro atoms. The lowest BCUT2D eigenvalue weighted by atomic mass is 10.2. The number of nitro benzene ring substituents is 1. The van der Waals surface area contributed by atoms with Crippen LogP contribution >= 0.6 is 27.3 Å². The minimum absolute atomic E-state index is 0.0579. The quantitative estimate of drug-likeness (QED) is 0.650. The molecule has 0 saturated heterocycles.